The molecule has 66 valence electrons. The molecule has 0 spiro atoms. The fraction of sp³-hybridized carbons (Fsp3) is 1.00. The summed E-state index contributed by atoms with van der Waals surface area (Å²) in [7, 11) is 1.75. The molecule has 2 nitrogen and oxygen atoms in total. The summed E-state index contributed by atoms with van der Waals surface area (Å²) in [6.45, 7) is 0.885. The van der Waals surface area contributed by atoms with Crippen molar-refractivity contribution in [3.05, 3.63) is 0 Å². The molecule has 0 saturated heterocycles. The largest absolute Gasteiger partial charge is 0.385 e. The molecule has 11 heavy (non-hydrogen) atoms. The van der Waals surface area contributed by atoms with E-state index in [1.807, 2.05) is 0 Å². The van der Waals surface area contributed by atoms with Gasteiger partial charge in [0.25, 0.3) is 0 Å². The number of unbranched alkanes of at least 4 members (excludes halogenated alkanes) is 1. The maximum atomic E-state index is 6.04. The Hall–Kier alpha value is -0.0800. The van der Waals surface area contributed by atoms with Gasteiger partial charge in [0.15, 0.2) is 0 Å². The maximum Gasteiger partial charge on any atom is 0.0462 e. The lowest BCUT2D eigenvalue weighted by Crippen LogP contribution is -2.46. The van der Waals surface area contributed by atoms with Gasteiger partial charge in [0, 0.05) is 19.3 Å². The molecule has 1 fully saturated rings. The molecular formula is C9H19NO. The molecule has 0 aromatic carbocycles. The third-order valence-electron chi connectivity index (χ3n) is 2.62. The van der Waals surface area contributed by atoms with E-state index in [0.29, 0.717) is 0 Å². The lowest BCUT2D eigenvalue weighted by molar-refractivity contribution is 0.177. The Kier molecular flexibility index (Phi) is 3.34. The summed E-state index contributed by atoms with van der Waals surface area (Å²) in [5.74, 6) is 0. The molecule has 0 unspecified atom stereocenters. The number of hydrogen-bond donors (Lipinski definition) is 1. The van der Waals surface area contributed by atoms with Gasteiger partial charge in [-0.25, -0.2) is 0 Å². The Morgan fingerprint density at radius 3 is 2.55 bits per heavy atom. The Labute approximate surface area is 69.1 Å². The van der Waals surface area contributed by atoms with Crippen LogP contribution in [0.4, 0.5) is 0 Å². The first kappa shape index (κ1) is 9.01. The number of hydrogen-bond acceptors (Lipinski definition) is 2. The molecule has 0 atom stereocenters. The molecule has 1 saturated carbocycles. The van der Waals surface area contributed by atoms with Gasteiger partial charge in [-0.05, 0) is 38.5 Å². The minimum Gasteiger partial charge on any atom is -0.385 e. The van der Waals surface area contributed by atoms with Crippen molar-refractivity contribution >= 4 is 0 Å². The standard InChI is InChI=1S/C9H19NO/c1-11-8-3-2-5-9(10)6-4-7-9/h2-8,10H2,1H3. The zero-order valence-corrected chi connectivity index (χ0v) is 7.44. The van der Waals surface area contributed by atoms with Crippen LogP contribution in [-0.2, 0) is 4.74 Å². The van der Waals surface area contributed by atoms with Crippen LogP contribution in [0, 0.1) is 0 Å². The SMILES string of the molecule is COCCCCC1(N)CCC1. The van der Waals surface area contributed by atoms with Gasteiger partial charge >= 0.3 is 0 Å². The number of ether oxygens (including phenoxy) is 1. The highest BCUT2D eigenvalue weighted by Gasteiger charge is 2.31. The van der Waals surface area contributed by atoms with Crippen molar-refractivity contribution in [3.63, 3.8) is 0 Å². The van der Waals surface area contributed by atoms with E-state index in [1.165, 1.54) is 32.1 Å². The second-order valence-corrected chi connectivity index (χ2v) is 3.67. The topological polar surface area (TPSA) is 35.2 Å². The molecule has 0 aliphatic heterocycles. The van der Waals surface area contributed by atoms with E-state index in [2.05, 4.69) is 0 Å². The van der Waals surface area contributed by atoms with Crippen LogP contribution in [0.3, 0.4) is 0 Å². The van der Waals surface area contributed by atoms with Crippen LogP contribution in [0.2, 0.25) is 0 Å². The van der Waals surface area contributed by atoms with E-state index in [-0.39, 0.29) is 5.54 Å². The van der Waals surface area contributed by atoms with Crippen LogP contribution in [-0.4, -0.2) is 19.3 Å². The van der Waals surface area contributed by atoms with Crippen molar-refractivity contribution in [1.29, 1.82) is 0 Å². The molecule has 2 heteroatoms. The molecule has 1 rings (SSSR count). The summed E-state index contributed by atoms with van der Waals surface area (Å²) in [6.07, 6.45) is 7.39. The lowest BCUT2D eigenvalue weighted by atomic mass is 9.74. The van der Waals surface area contributed by atoms with Crippen LogP contribution in [0.25, 0.3) is 0 Å². The van der Waals surface area contributed by atoms with Gasteiger partial charge in [-0.15, -0.1) is 0 Å². The predicted octanol–water partition coefficient (Wildman–Crippen LogP) is 1.68. The molecule has 1 aliphatic rings. The highest BCUT2D eigenvalue weighted by molar-refractivity contribution is 4.91. The molecule has 0 amide bonds. The summed E-state index contributed by atoms with van der Waals surface area (Å²) < 4.78 is 4.97. The van der Waals surface area contributed by atoms with Gasteiger partial charge in [-0.2, -0.15) is 0 Å². The Balaban J connectivity index is 1.94. The molecule has 0 bridgehead atoms. The smallest absolute Gasteiger partial charge is 0.0462 e. The van der Waals surface area contributed by atoms with Crippen LogP contribution in [0.5, 0.6) is 0 Å². The Morgan fingerprint density at radius 2 is 2.09 bits per heavy atom. The van der Waals surface area contributed by atoms with Gasteiger partial charge in [0.1, 0.15) is 0 Å². The second-order valence-electron chi connectivity index (χ2n) is 3.67. The highest BCUT2D eigenvalue weighted by atomic mass is 16.5. The van der Waals surface area contributed by atoms with Gasteiger partial charge in [-0.1, -0.05) is 0 Å². The van der Waals surface area contributed by atoms with Crippen LogP contribution >= 0.6 is 0 Å². The third kappa shape index (κ3) is 2.80. The molecule has 0 radical (unpaired) electrons. The van der Waals surface area contributed by atoms with E-state index in [1.54, 1.807) is 7.11 Å². The minimum atomic E-state index is 0.216. The minimum absolute atomic E-state index is 0.216. The summed E-state index contributed by atoms with van der Waals surface area (Å²) in [4.78, 5) is 0. The van der Waals surface area contributed by atoms with Gasteiger partial charge < -0.3 is 10.5 Å². The summed E-state index contributed by atoms with van der Waals surface area (Å²) >= 11 is 0. The lowest BCUT2D eigenvalue weighted by Gasteiger charge is -2.38. The third-order valence-corrected chi connectivity index (χ3v) is 2.62. The maximum absolute atomic E-state index is 6.04. The van der Waals surface area contributed by atoms with Crippen LogP contribution < -0.4 is 5.73 Å². The quantitative estimate of drug-likeness (QED) is 0.616. The molecular weight excluding hydrogens is 138 g/mol. The van der Waals surface area contributed by atoms with Gasteiger partial charge in [-0.3, -0.25) is 0 Å². The average Bonchev–Trinajstić information content (AvgIpc) is 1.95. The number of methoxy groups -OCH3 is 1. The van der Waals surface area contributed by atoms with Crippen molar-refractivity contribution in [2.45, 2.75) is 44.1 Å². The van der Waals surface area contributed by atoms with Crippen molar-refractivity contribution in [2.24, 2.45) is 5.73 Å². The molecule has 0 aromatic heterocycles. The summed E-state index contributed by atoms with van der Waals surface area (Å²) in [5.41, 5.74) is 6.26. The monoisotopic (exact) mass is 157 g/mol. The molecule has 2 N–H and O–H groups in total. The van der Waals surface area contributed by atoms with Gasteiger partial charge in [0.05, 0.1) is 0 Å². The number of rotatable bonds is 5. The zero-order valence-electron chi connectivity index (χ0n) is 7.44. The van der Waals surface area contributed by atoms with Gasteiger partial charge in [0.2, 0.25) is 0 Å². The first-order chi connectivity index (χ1) is 5.27. The predicted molar refractivity (Wildman–Crippen MR) is 46.5 cm³/mol. The van der Waals surface area contributed by atoms with Crippen molar-refractivity contribution < 1.29 is 4.74 Å². The second kappa shape index (κ2) is 4.07. The van der Waals surface area contributed by atoms with E-state index in [0.717, 1.165) is 13.0 Å². The van der Waals surface area contributed by atoms with E-state index in [4.69, 9.17) is 10.5 Å². The highest BCUT2D eigenvalue weighted by Crippen LogP contribution is 2.33. The summed E-state index contributed by atoms with van der Waals surface area (Å²) in [6, 6.07) is 0. The molecule has 0 heterocycles. The van der Waals surface area contributed by atoms with E-state index >= 15 is 0 Å². The Morgan fingerprint density at radius 1 is 1.36 bits per heavy atom. The average molecular weight is 157 g/mol. The van der Waals surface area contributed by atoms with Crippen molar-refractivity contribution in [1.82, 2.24) is 0 Å². The molecule has 1 aliphatic carbocycles. The normalized spacial score (nSPS) is 21.3. The summed E-state index contributed by atoms with van der Waals surface area (Å²) in [5, 5.41) is 0. The van der Waals surface area contributed by atoms with Crippen LogP contribution in [0.15, 0.2) is 0 Å². The van der Waals surface area contributed by atoms with Crippen molar-refractivity contribution in [3.8, 4) is 0 Å². The number of nitrogens with two attached hydrogens (primary N) is 1. The van der Waals surface area contributed by atoms with E-state index in [9.17, 15) is 0 Å². The molecule has 0 aromatic rings. The Bertz CT molecular complexity index is 110. The zero-order chi connectivity index (χ0) is 8.16. The fourth-order valence-electron chi connectivity index (χ4n) is 1.60. The van der Waals surface area contributed by atoms with E-state index < -0.39 is 0 Å². The first-order valence-corrected chi connectivity index (χ1v) is 4.55. The van der Waals surface area contributed by atoms with Crippen LogP contribution in [0.1, 0.15) is 38.5 Å². The first-order valence-electron chi connectivity index (χ1n) is 4.55. The van der Waals surface area contributed by atoms with Crippen molar-refractivity contribution in [2.75, 3.05) is 13.7 Å². The fourth-order valence-corrected chi connectivity index (χ4v) is 1.60.